The molecule has 0 aliphatic heterocycles. The van der Waals surface area contributed by atoms with Gasteiger partial charge >= 0.3 is 0 Å². The van der Waals surface area contributed by atoms with E-state index in [2.05, 4.69) is 21.8 Å². The molecule has 0 amide bonds. The van der Waals surface area contributed by atoms with Crippen LogP contribution in [0.15, 0.2) is 12.5 Å². The summed E-state index contributed by atoms with van der Waals surface area (Å²) >= 11 is 0. The first-order valence-electron chi connectivity index (χ1n) is 5.26. The lowest BCUT2D eigenvalue weighted by molar-refractivity contribution is 0.0941. The molecule has 5 heteroatoms. The van der Waals surface area contributed by atoms with Crippen LogP contribution in [-0.2, 0) is 13.1 Å². The second-order valence-corrected chi connectivity index (χ2v) is 3.55. The zero-order valence-corrected chi connectivity index (χ0v) is 9.06. The van der Waals surface area contributed by atoms with Crippen LogP contribution >= 0.6 is 0 Å². The number of imidazole rings is 1. The van der Waals surface area contributed by atoms with Gasteiger partial charge in [-0.05, 0) is 6.42 Å². The van der Waals surface area contributed by atoms with Crippen molar-refractivity contribution in [2.24, 2.45) is 0 Å². The van der Waals surface area contributed by atoms with Crippen molar-refractivity contribution >= 4 is 0 Å². The molecule has 3 N–H and O–H groups in total. The van der Waals surface area contributed by atoms with Crippen LogP contribution in [0.4, 0.5) is 0 Å². The van der Waals surface area contributed by atoms with E-state index in [9.17, 15) is 0 Å². The molecule has 0 aromatic carbocycles. The maximum absolute atomic E-state index is 9.12. The second kappa shape index (κ2) is 6.55. The summed E-state index contributed by atoms with van der Waals surface area (Å²) in [5.41, 5.74) is 1.10. The fourth-order valence-corrected chi connectivity index (χ4v) is 1.37. The standard InChI is InChI=1S/C10H19N3O2/c1-2-3-13-8-12-5-9(13)4-11-6-10(15)7-14/h5,8,10-11,14-15H,2-4,6-7H2,1H3. The smallest absolute Gasteiger partial charge is 0.0948 e. The maximum atomic E-state index is 9.12. The number of nitrogens with one attached hydrogen (secondary N) is 1. The molecular formula is C10H19N3O2. The zero-order chi connectivity index (χ0) is 11.1. The van der Waals surface area contributed by atoms with Gasteiger partial charge in [0.2, 0.25) is 0 Å². The van der Waals surface area contributed by atoms with Crippen LogP contribution in [0.1, 0.15) is 19.0 Å². The van der Waals surface area contributed by atoms with Gasteiger partial charge in [0.15, 0.2) is 0 Å². The molecular weight excluding hydrogens is 194 g/mol. The highest BCUT2D eigenvalue weighted by molar-refractivity contribution is 4.97. The minimum atomic E-state index is -0.687. The number of aryl methyl sites for hydroxylation is 1. The summed E-state index contributed by atoms with van der Waals surface area (Å²) in [5, 5.41) is 20.8. The SMILES string of the molecule is CCCn1cncc1CNCC(O)CO. The number of hydrogen-bond acceptors (Lipinski definition) is 4. The lowest BCUT2D eigenvalue weighted by atomic mass is 10.3. The molecule has 0 aliphatic carbocycles. The normalized spacial score (nSPS) is 13.0. The number of aromatic nitrogens is 2. The monoisotopic (exact) mass is 213 g/mol. The van der Waals surface area contributed by atoms with Gasteiger partial charge in [0.25, 0.3) is 0 Å². The molecule has 0 aliphatic rings. The summed E-state index contributed by atoms with van der Waals surface area (Å²) in [7, 11) is 0. The van der Waals surface area contributed by atoms with Crippen molar-refractivity contribution in [3.63, 3.8) is 0 Å². The Labute approximate surface area is 89.8 Å². The van der Waals surface area contributed by atoms with Crippen molar-refractivity contribution in [3.8, 4) is 0 Å². The number of aliphatic hydroxyl groups excluding tert-OH is 2. The van der Waals surface area contributed by atoms with Crippen molar-refractivity contribution in [3.05, 3.63) is 18.2 Å². The Balaban J connectivity index is 2.33. The largest absolute Gasteiger partial charge is 0.394 e. The van der Waals surface area contributed by atoms with Gasteiger partial charge < -0.3 is 20.1 Å². The summed E-state index contributed by atoms with van der Waals surface area (Å²) in [6.07, 6.45) is 4.01. The van der Waals surface area contributed by atoms with Gasteiger partial charge in [-0.3, -0.25) is 0 Å². The Morgan fingerprint density at radius 2 is 2.40 bits per heavy atom. The molecule has 1 aromatic heterocycles. The Kier molecular flexibility index (Phi) is 5.31. The maximum Gasteiger partial charge on any atom is 0.0948 e. The summed E-state index contributed by atoms with van der Waals surface area (Å²) in [5.74, 6) is 0. The average molecular weight is 213 g/mol. The molecule has 1 rings (SSSR count). The van der Waals surface area contributed by atoms with E-state index in [4.69, 9.17) is 10.2 Å². The Hall–Kier alpha value is -0.910. The minimum absolute atomic E-state index is 0.207. The van der Waals surface area contributed by atoms with Gasteiger partial charge in [0.05, 0.1) is 24.7 Å². The van der Waals surface area contributed by atoms with Gasteiger partial charge in [-0.2, -0.15) is 0 Å². The predicted octanol–water partition coefficient (Wildman–Crippen LogP) is -0.264. The third-order valence-electron chi connectivity index (χ3n) is 2.16. The molecule has 1 heterocycles. The van der Waals surface area contributed by atoms with Gasteiger partial charge in [-0.1, -0.05) is 6.92 Å². The average Bonchev–Trinajstić information content (AvgIpc) is 2.66. The highest BCUT2D eigenvalue weighted by Gasteiger charge is 2.03. The summed E-state index contributed by atoms with van der Waals surface area (Å²) in [6.45, 7) is 3.93. The van der Waals surface area contributed by atoms with Crippen LogP contribution in [-0.4, -0.2) is 39.0 Å². The molecule has 1 atom stereocenters. The van der Waals surface area contributed by atoms with Crippen molar-refractivity contribution in [2.75, 3.05) is 13.2 Å². The molecule has 0 bridgehead atoms. The van der Waals surface area contributed by atoms with Crippen molar-refractivity contribution in [2.45, 2.75) is 32.5 Å². The van der Waals surface area contributed by atoms with E-state index in [0.29, 0.717) is 13.1 Å². The summed E-state index contributed by atoms with van der Waals surface area (Å²) < 4.78 is 2.08. The first-order chi connectivity index (χ1) is 7.27. The highest BCUT2D eigenvalue weighted by Crippen LogP contribution is 2.00. The number of hydrogen-bond donors (Lipinski definition) is 3. The minimum Gasteiger partial charge on any atom is -0.394 e. The number of rotatable bonds is 7. The highest BCUT2D eigenvalue weighted by atomic mass is 16.3. The van der Waals surface area contributed by atoms with E-state index in [-0.39, 0.29) is 6.61 Å². The topological polar surface area (TPSA) is 70.3 Å². The molecule has 0 radical (unpaired) electrons. The molecule has 86 valence electrons. The van der Waals surface area contributed by atoms with E-state index in [1.807, 2.05) is 12.5 Å². The molecule has 0 fully saturated rings. The van der Waals surface area contributed by atoms with Crippen LogP contribution in [0.2, 0.25) is 0 Å². The fraction of sp³-hybridized carbons (Fsp3) is 0.700. The molecule has 0 spiro atoms. The Bertz CT molecular complexity index is 275. The quantitative estimate of drug-likeness (QED) is 0.583. The van der Waals surface area contributed by atoms with Gasteiger partial charge in [0, 0.05) is 25.8 Å². The predicted molar refractivity (Wildman–Crippen MR) is 57.3 cm³/mol. The Morgan fingerprint density at radius 1 is 1.60 bits per heavy atom. The number of nitrogens with zero attached hydrogens (tertiary/aromatic N) is 2. The van der Waals surface area contributed by atoms with Crippen LogP contribution in [0.3, 0.4) is 0 Å². The van der Waals surface area contributed by atoms with Gasteiger partial charge in [0.1, 0.15) is 0 Å². The van der Waals surface area contributed by atoms with E-state index >= 15 is 0 Å². The lowest BCUT2D eigenvalue weighted by Gasteiger charge is -2.10. The molecule has 15 heavy (non-hydrogen) atoms. The van der Waals surface area contributed by atoms with Crippen LogP contribution in [0, 0.1) is 0 Å². The van der Waals surface area contributed by atoms with E-state index in [1.165, 1.54) is 0 Å². The third-order valence-corrected chi connectivity index (χ3v) is 2.16. The summed E-state index contributed by atoms with van der Waals surface area (Å²) in [6, 6.07) is 0. The van der Waals surface area contributed by atoms with Gasteiger partial charge in [-0.15, -0.1) is 0 Å². The van der Waals surface area contributed by atoms with Gasteiger partial charge in [-0.25, -0.2) is 4.98 Å². The van der Waals surface area contributed by atoms with Crippen LogP contribution in [0.25, 0.3) is 0 Å². The third kappa shape index (κ3) is 3.99. The van der Waals surface area contributed by atoms with E-state index in [0.717, 1.165) is 18.7 Å². The van der Waals surface area contributed by atoms with Crippen molar-refractivity contribution in [1.29, 1.82) is 0 Å². The summed E-state index contributed by atoms with van der Waals surface area (Å²) in [4.78, 5) is 4.07. The fourth-order valence-electron chi connectivity index (χ4n) is 1.37. The first kappa shape index (κ1) is 12.2. The molecule has 1 aromatic rings. The van der Waals surface area contributed by atoms with Crippen LogP contribution < -0.4 is 5.32 Å². The molecule has 1 unspecified atom stereocenters. The zero-order valence-electron chi connectivity index (χ0n) is 9.06. The second-order valence-electron chi connectivity index (χ2n) is 3.55. The van der Waals surface area contributed by atoms with Crippen molar-refractivity contribution in [1.82, 2.24) is 14.9 Å². The molecule has 5 nitrogen and oxygen atoms in total. The van der Waals surface area contributed by atoms with Crippen molar-refractivity contribution < 1.29 is 10.2 Å². The van der Waals surface area contributed by atoms with E-state index < -0.39 is 6.10 Å². The Morgan fingerprint density at radius 3 is 3.07 bits per heavy atom. The lowest BCUT2D eigenvalue weighted by Crippen LogP contribution is -2.29. The van der Waals surface area contributed by atoms with Crippen LogP contribution in [0.5, 0.6) is 0 Å². The first-order valence-corrected chi connectivity index (χ1v) is 5.26. The van der Waals surface area contributed by atoms with E-state index in [1.54, 1.807) is 0 Å². The number of aliphatic hydroxyl groups is 2. The molecule has 0 saturated carbocycles. The molecule has 0 saturated heterocycles.